The van der Waals surface area contributed by atoms with Crippen molar-refractivity contribution in [2.75, 3.05) is 0 Å². The minimum Gasteiger partial charge on any atom is -0.466 e. The van der Waals surface area contributed by atoms with E-state index < -0.39 is 6.10 Å². The summed E-state index contributed by atoms with van der Waals surface area (Å²) in [7, 11) is 0. The summed E-state index contributed by atoms with van der Waals surface area (Å²) in [4.78, 5) is 0.953. The fourth-order valence-electron chi connectivity index (χ4n) is 1.52. The van der Waals surface area contributed by atoms with Gasteiger partial charge in [0.05, 0.1) is 0 Å². The van der Waals surface area contributed by atoms with Crippen LogP contribution in [0, 0.1) is 13.8 Å². The normalized spacial score (nSPS) is 13.1. The smallest absolute Gasteiger partial charge is 0.117 e. The standard InChI is InChI=1S/C11H12O2S/c1-7-6-9(8(2)13-7)11(12)10-4-3-5-14-10/h3-6,11-12H,1-2H3. The summed E-state index contributed by atoms with van der Waals surface area (Å²) in [6.45, 7) is 3.76. The molecule has 0 aliphatic rings. The maximum absolute atomic E-state index is 10.0. The van der Waals surface area contributed by atoms with Crippen LogP contribution in [-0.2, 0) is 0 Å². The van der Waals surface area contributed by atoms with E-state index in [9.17, 15) is 5.11 Å². The molecule has 1 N–H and O–H groups in total. The number of aliphatic hydroxyl groups excluding tert-OH is 1. The third-order valence-corrected chi connectivity index (χ3v) is 3.11. The monoisotopic (exact) mass is 208 g/mol. The van der Waals surface area contributed by atoms with Gasteiger partial charge < -0.3 is 9.52 Å². The van der Waals surface area contributed by atoms with Crippen LogP contribution >= 0.6 is 11.3 Å². The fourth-order valence-corrected chi connectivity index (χ4v) is 2.25. The Morgan fingerprint density at radius 2 is 2.21 bits per heavy atom. The molecule has 0 bridgehead atoms. The summed E-state index contributed by atoms with van der Waals surface area (Å²) < 4.78 is 5.38. The maximum atomic E-state index is 10.0. The van der Waals surface area contributed by atoms with Crippen molar-refractivity contribution in [3.8, 4) is 0 Å². The Bertz CT molecular complexity index is 414. The van der Waals surface area contributed by atoms with Gasteiger partial charge in [0.2, 0.25) is 0 Å². The average Bonchev–Trinajstić information content (AvgIpc) is 2.73. The van der Waals surface area contributed by atoms with Gasteiger partial charge in [-0.2, -0.15) is 0 Å². The molecule has 0 saturated heterocycles. The minimum absolute atomic E-state index is 0.549. The molecule has 74 valence electrons. The van der Waals surface area contributed by atoms with E-state index >= 15 is 0 Å². The first-order chi connectivity index (χ1) is 6.68. The van der Waals surface area contributed by atoms with Crippen molar-refractivity contribution in [3.63, 3.8) is 0 Å². The van der Waals surface area contributed by atoms with Gasteiger partial charge in [-0.05, 0) is 31.4 Å². The van der Waals surface area contributed by atoms with E-state index in [1.54, 1.807) is 11.3 Å². The van der Waals surface area contributed by atoms with Gasteiger partial charge in [-0.25, -0.2) is 0 Å². The van der Waals surface area contributed by atoms with Crippen LogP contribution in [0.2, 0.25) is 0 Å². The number of hydrogen-bond acceptors (Lipinski definition) is 3. The number of rotatable bonds is 2. The van der Waals surface area contributed by atoms with Crippen LogP contribution in [0.25, 0.3) is 0 Å². The molecule has 0 spiro atoms. The predicted octanol–water partition coefficient (Wildman–Crippen LogP) is 3.04. The molecule has 1 unspecified atom stereocenters. The van der Waals surface area contributed by atoms with E-state index in [0.717, 1.165) is 22.0 Å². The van der Waals surface area contributed by atoms with Crippen LogP contribution < -0.4 is 0 Å². The molecule has 0 radical (unpaired) electrons. The number of hydrogen-bond donors (Lipinski definition) is 1. The second kappa shape index (κ2) is 3.59. The lowest BCUT2D eigenvalue weighted by atomic mass is 10.1. The highest BCUT2D eigenvalue weighted by molar-refractivity contribution is 7.10. The zero-order chi connectivity index (χ0) is 10.1. The molecule has 0 aliphatic carbocycles. The van der Waals surface area contributed by atoms with Crippen molar-refractivity contribution in [3.05, 3.63) is 45.5 Å². The Morgan fingerprint density at radius 3 is 2.71 bits per heavy atom. The largest absolute Gasteiger partial charge is 0.466 e. The van der Waals surface area contributed by atoms with Crippen molar-refractivity contribution in [1.29, 1.82) is 0 Å². The summed E-state index contributed by atoms with van der Waals surface area (Å²) in [5.74, 6) is 1.64. The quantitative estimate of drug-likeness (QED) is 0.823. The number of thiophene rings is 1. The molecule has 2 nitrogen and oxygen atoms in total. The molecular weight excluding hydrogens is 196 g/mol. The third kappa shape index (κ3) is 1.61. The summed E-state index contributed by atoms with van der Waals surface area (Å²) in [6.07, 6.45) is -0.549. The Balaban J connectivity index is 2.36. The Labute approximate surface area is 86.8 Å². The van der Waals surface area contributed by atoms with Gasteiger partial charge in [-0.1, -0.05) is 6.07 Å². The molecular formula is C11H12O2S. The van der Waals surface area contributed by atoms with Crippen molar-refractivity contribution < 1.29 is 9.52 Å². The number of aliphatic hydroxyl groups is 1. The van der Waals surface area contributed by atoms with E-state index in [1.807, 2.05) is 37.4 Å². The highest BCUT2D eigenvalue weighted by Crippen LogP contribution is 2.29. The number of aryl methyl sites for hydroxylation is 2. The van der Waals surface area contributed by atoms with Crippen molar-refractivity contribution in [2.45, 2.75) is 20.0 Å². The van der Waals surface area contributed by atoms with Crippen molar-refractivity contribution in [1.82, 2.24) is 0 Å². The molecule has 0 fully saturated rings. The highest BCUT2D eigenvalue weighted by atomic mass is 32.1. The predicted molar refractivity (Wildman–Crippen MR) is 56.6 cm³/mol. The summed E-state index contributed by atoms with van der Waals surface area (Å²) >= 11 is 1.55. The molecule has 0 amide bonds. The molecule has 0 saturated carbocycles. The van der Waals surface area contributed by atoms with E-state index in [1.165, 1.54) is 0 Å². The van der Waals surface area contributed by atoms with Crippen molar-refractivity contribution >= 4 is 11.3 Å². The molecule has 14 heavy (non-hydrogen) atoms. The lowest BCUT2D eigenvalue weighted by molar-refractivity contribution is 0.222. The van der Waals surface area contributed by atoms with E-state index in [0.29, 0.717) is 0 Å². The zero-order valence-corrected chi connectivity index (χ0v) is 8.97. The van der Waals surface area contributed by atoms with Crippen LogP contribution in [0.15, 0.2) is 28.0 Å². The van der Waals surface area contributed by atoms with E-state index in [-0.39, 0.29) is 0 Å². The zero-order valence-electron chi connectivity index (χ0n) is 8.15. The second-order valence-corrected chi connectivity index (χ2v) is 4.27. The van der Waals surface area contributed by atoms with Gasteiger partial charge in [0.1, 0.15) is 17.6 Å². The fraction of sp³-hybridized carbons (Fsp3) is 0.273. The first kappa shape index (κ1) is 9.49. The first-order valence-corrected chi connectivity index (χ1v) is 5.35. The Kier molecular flexibility index (Phi) is 2.44. The minimum atomic E-state index is -0.549. The summed E-state index contributed by atoms with van der Waals surface area (Å²) in [6, 6.07) is 5.75. The van der Waals surface area contributed by atoms with Gasteiger partial charge in [0, 0.05) is 10.4 Å². The third-order valence-electron chi connectivity index (χ3n) is 2.19. The second-order valence-electron chi connectivity index (χ2n) is 3.29. The lowest BCUT2D eigenvalue weighted by Gasteiger charge is -2.05. The molecule has 2 aromatic heterocycles. The molecule has 2 aromatic rings. The van der Waals surface area contributed by atoms with Gasteiger partial charge in [-0.3, -0.25) is 0 Å². The van der Waals surface area contributed by atoms with Gasteiger partial charge in [0.15, 0.2) is 0 Å². The topological polar surface area (TPSA) is 33.4 Å². The molecule has 3 heteroatoms. The Morgan fingerprint density at radius 1 is 1.43 bits per heavy atom. The molecule has 2 rings (SSSR count). The van der Waals surface area contributed by atoms with Crippen LogP contribution in [0.3, 0.4) is 0 Å². The average molecular weight is 208 g/mol. The summed E-state index contributed by atoms with van der Waals surface area (Å²) in [5.41, 5.74) is 0.866. The molecule has 1 atom stereocenters. The Hall–Kier alpha value is -1.06. The number of furan rings is 1. The van der Waals surface area contributed by atoms with Crippen LogP contribution in [-0.4, -0.2) is 5.11 Å². The van der Waals surface area contributed by atoms with Crippen LogP contribution in [0.5, 0.6) is 0 Å². The van der Waals surface area contributed by atoms with Crippen LogP contribution in [0.4, 0.5) is 0 Å². The lowest BCUT2D eigenvalue weighted by Crippen LogP contribution is -1.96. The molecule has 2 heterocycles. The van der Waals surface area contributed by atoms with E-state index in [2.05, 4.69) is 0 Å². The first-order valence-electron chi connectivity index (χ1n) is 4.47. The molecule has 0 aromatic carbocycles. The summed E-state index contributed by atoms with van der Waals surface area (Å²) in [5, 5.41) is 12.0. The van der Waals surface area contributed by atoms with Gasteiger partial charge >= 0.3 is 0 Å². The SMILES string of the molecule is Cc1cc(C(O)c2cccs2)c(C)o1. The van der Waals surface area contributed by atoms with E-state index in [4.69, 9.17) is 4.42 Å². The van der Waals surface area contributed by atoms with Crippen LogP contribution in [0.1, 0.15) is 28.1 Å². The van der Waals surface area contributed by atoms with Gasteiger partial charge in [0.25, 0.3) is 0 Å². The van der Waals surface area contributed by atoms with Crippen molar-refractivity contribution in [2.24, 2.45) is 0 Å². The highest BCUT2D eigenvalue weighted by Gasteiger charge is 2.16. The van der Waals surface area contributed by atoms with Gasteiger partial charge in [-0.15, -0.1) is 11.3 Å². The molecule has 0 aliphatic heterocycles. The maximum Gasteiger partial charge on any atom is 0.117 e.